The number of ether oxygens (including phenoxy) is 2. The molecule has 5 aromatic rings. The van der Waals surface area contributed by atoms with Gasteiger partial charge in [0.2, 0.25) is 9.04 Å². The van der Waals surface area contributed by atoms with E-state index in [1.54, 1.807) is 16.7 Å². The summed E-state index contributed by atoms with van der Waals surface area (Å²) < 4.78 is 20.3. The van der Waals surface area contributed by atoms with Crippen LogP contribution in [0.3, 0.4) is 0 Å². The number of carbonyl (C=O) groups is 2. The van der Waals surface area contributed by atoms with E-state index >= 15 is 0 Å². The molecule has 0 bridgehead atoms. The number of hydrogen-bond donors (Lipinski definition) is 0. The number of esters is 1. The van der Waals surface area contributed by atoms with E-state index in [0.717, 1.165) is 27.2 Å². The van der Waals surface area contributed by atoms with Crippen LogP contribution in [0.2, 0.25) is 0 Å². The lowest BCUT2D eigenvalue weighted by Gasteiger charge is -2.26. The molecule has 1 heterocycles. The van der Waals surface area contributed by atoms with Crippen LogP contribution in [0.25, 0.3) is 10.9 Å². The third-order valence-corrected chi connectivity index (χ3v) is 9.89. The van der Waals surface area contributed by atoms with Gasteiger partial charge in [-0.2, -0.15) is 0 Å². The van der Waals surface area contributed by atoms with E-state index in [-0.39, 0.29) is 13.2 Å². The standard InChI is InChI=1S/C38H41NO5Si/c1-37(2,3)34-31(26-43-45(28-19-12-8-13-20-28)29-21-14-9-15-22-29)33-30(35(40)42-25-27-17-10-7-11-18-27)23-16-24-32(33)39(34)36(41)44-38(4,5)6/h7-24,45H,25-26H2,1-6H3. The van der Waals surface area contributed by atoms with Crippen LogP contribution in [-0.2, 0) is 32.5 Å². The highest BCUT2D eigenvalue weighted by Gasteiger charge is 2.34. The Kier molecular flexibility index (Phi) is 9.42. The van der Waals surface area contributed by atoms with Crippen LogP contribution in [0.5, 0.6) is 0 Å². The van der Waals surface area contributed by atoms with Crippen molar-refractivity contribution in [1.82, 2.24) is 4.57 Å². The molecule has 0 saturated heterocycles. The van der Waals surface area contributed by atoms with Gasteiger partial charge in [-0.25, -0.2) is 14.2 Å². The SMILES string of the molecule is CC(C)(C)OC(=O)n1c(C(C)(C)C)c(CO[SiH](c2ccccc2)c2ccccc2)c2c(C(=O)OCc3ccccc3)cccc21. The molecule has 1 aromatic heterocycles. The Morgan fingerprint density at radius 2 is 1.24 bits per heavy atom. The zero-order valence-electron chi connectivity index (χ0n) is 26.9. The summed E-state index contributed by atoms with van der Waals surface area (Å²) in [6, 6.07) is 35.5. The van der Waals surface area contributed by atoms with Crippen LogP contribution >= 0.6 is 0 Å². The van der Waals surface area contributed by atoms with Crippen molar-refractivity contribution in [2.75, 3.05) is 0 Å². The maximum atomic E-state index is 13.9. The van der Waals surface area contributed by atoms with Crippen LogP contribution < -0.4 is 10.4 Å². The average molecular weight is 620 g/mol. The van der Waals surface area contributed by atoms with Gasteiger partial charge >= 0.3 is 12.1 Å². The van der Waals surface area contributed by atoms with Gasteiger partial charge in [0.15, 0.2) is 0 Å². The second kappa shape index (κ2) is 13.3. The second-order valence-electron chi connectivity index (χ2n) is 13.2. The summed E-state index contributed by atoms with van der Waals surface area (Å²) in [5.74, 6) is -0.465. The topological polar surface area (TPSA) is 66.8 Å². The molecule has 7 heteroatoms. The van der Waals surface area contributed by atoms with Crippen molar-refractivity contribution < 1.29 is 23.5 Å². The van der Waals surface area contributed by atoms with Crippen molar-refractivity contribution in [1.29, 1.82) is 0 Å². The minimum atomic E-state index is -2.16. The Labute approximate surface area is 267 Å². The summed E-state index contributed by atoms with van der Waals surface area (Å²) in [5.41, 5.74) is 2.15. The van der Waals surface area contributed by atoms with Gasteiger partial charge < -0.3 is 13.9 Å². The molecule has 0 amide bonds. The van der Waals surface area contributed by atoms with Crippen molar-refractivity contribution in [3.8, 4) is 0 Å². The predicted octanol–water partition coefficient (Wildman–Crippen LogP) is 7.13. The molecule has 232 valence electrons. The predicted molar refractivity (Wildman–Crippen MR) is 182 cm³/mol. The van der Waals surface area contributed by atoms with Crippen molar-refractivity contribution in [3.63, 3.8) is 0 Å². The summed E-state index contributed by atoms with van der Waals surface area (Å²) in [4.78, 5) is 27.7. The van der Waals surface area contributed by atoms with Crippen molar-refractivity contribution >= 4 is 42.4 Å². The molecule has 0 N–H and O–H groups in total. The molecule has 0 spiro atoms. The van der Waals surface area contributed by atoms with E-state index in [2.05, 4.69) is 45.0 Å². The summed E-state index contributed by atoms with van der Waals surface area (Å²) in [6.45, 7) is 12.0. The fourth-order valence-electron chi connectivity index (χ4n) is 5.62. The van der Waals surface area contributed by atoms with Crippen LogP contribution in [0.15, 0.2) is 109 Å². The molecule has 0 fully saturated rings. The Bertz CT molecular complexity index is 1730. The highest BCUT2D eigenvalue weighted by molar-refractivity contribution is 6.80. The molecule has 0 radical (unpaired) electrons. The van der Waals surface area contributed by atoms with Gasteiger partial charge in [-0.15, -0.1) is 0 Å². The fourth-order valence-corrected chi connectivity index (χ4v) is 7.87. The Hall–Kier alpha value is -4.46. The Balaban J connectivity index is 1.66. The largest absolute Gasteiger partial charge is 0.457 e. The van der Waals surface area contributed by atoms with Crippen LogP contribution in [0.4, 0.5) is 4.79 Å². The smallest absolute Gasteiger partial charge is 0.419 e. The molecule has 0 aliphatic carbocycles. The molecule has 0 atom stereocenters. The highest BCUT2D eigenvalue weighted by atomic mass is 28.3. The molecule has 5 rings (SSSR count). The molecule has 0 aliphatic rings. The van der Waals surface area contributed by atoms with Crippen molar-refractivity contribution in [2.45, 2.75) is 65.8 Å². The summed E-state index contributed by atoms with van der Waals surface area (Å²) in [6.07, 6.45) is -0.501. The lowest BCUT2D eigenvalue weighted by atomic mass is 9.88. The Morgan fingerprint density at radius 3 is 1.78 bits per heavy atom. The maximum absolute atomic E-state index is 13.9. The molecule has 0 saturated carbocycles. The quantitative estimate of drug-likeness (QED) is 0.137. The minimum Gasteiger partial charge on any atom is -0.457 e. The highest BCUT2D eigenvalue weighted by Crippen LogP contribution is 2.38. The number of nitrogens with zero attached hydrogens (tertiary/aromatic N) is 1. The fraction of sp³-hybridized carbons (Fsp3) is 0.263. The van der Waals surface area contributed by atoms with E-state index in [1.165, 1.54) is 0 Å². The van der Waals surface area contributed by atoms with Gasteiger partial charge in [-0.1, -0.05) is 118 Å². The van der Waals surface area contributed by atoms with Crippen molar-refractivity contribution in [2.24, 2.45) is 0 Å². The molecule has 0 aliphatic heterocycles. The summed E-state index contributed by atoms with van der Waals surface area (Å²) >= 11 is 0. The van der Waals surface area contributed by atoms with Crippen molar-refractivity contribution in [3.05, 3.63) is 132 Å². The van der Waals surface area contributed by atoms with Crippen LogP contribution in [0.1, 0.15) is 68.7 Å². The van der Waals surface area contributed by atoms with Gasteiger partial charge in [0.1, 0.15) is 12.2 Å². The number of carbonyl (C=O) groups excluding carboxylic acids is 2. The van der Waals surface area contributed by atoms with Gasteiger partial charge in [0.05, 0.1) is 17.7 Å². The van der Waals surface area contributed by atoms with Gasteiger partial charge in [-0.3, -0.25) is 0 Å². The molecule has 45 heavy (non-hydrogen) atoms. The van der Waals surface area contributed by atoms with Gasteiger partial charge in [0.25, 0.3) is 0 Å². The first-order chi connectivity index (χ1) is 21.4. The first-order valence-corrected chi connectivity index (χ1v) is 16.9. The molecular weight excluding hydrogens is 579 g/mol. The number of aromatic nitrogens is 1. The lowest BCUT2D eigenvalue weighted by Crippen LogP contribution is -2.44. The monoisotopic (exact) mass is 619 g/mol. The molecule has 4 aromatic carbocycles. The van der Waals surface area contributed by atoms with E-state index in [4.69, 9.17) is 13.9 Å². The third-order valence-electron chi connectivity index (χ3n) is 7.41. The van der Waals surface area contributed by atoms with Gasteiger partial charge in [0, 0.05) is 22.1 Å². The normalized spacial score (nSPS) is 12.0. The lowest BCUT2D eigenvalue weighted by molar-refractivity contribution is 0.0473. The van der Waals surface area contributed by atoms with Crippen LogP contribution in [0, 0.1) is 0 Å². The summed E-state index contributed by atoms with van der Waals surface area (Å²) in [5, 5.41) is 2.92. The average Bonchev–Trinajstić information content (AvgIpc) is 3.36. The summed E-state index contributed by atoms with van der Waals surface area (Å²) in [7, 11) is -2.16. The van der Waals surface area contributed by atoms with E-state index < -0.39 is 32.1 Å². The zero-order chi connectivity index (χ0) is 32.2. The first-order valence-electron chi connectivity index (χ1n) is 15.3. The number of fused-ring (bicyclic) bond motifs is 1. The van der Waals surface area contributed by atoms with E-state index in [1.807, 2.05) is 93.6 Å². The van der Waals surface area contributed by atoms with Crippen LogP contribution in [-0.4, -0.2) is 31.3 Å². The molecule has 6 nitrogen and oxygen atoms in total. The number of benzene rings is 4. The molecule has 0 unspecified atom stereocenters. The van der Waals surface area contributed by atoms with Gasteiger partial charge in [-0.05, 0) is 48.8 Å². The number of rotatable bonds is 8. The third kappa shape index (κ3) is 7.44. The Morgan fingerprint density at radius 1 is 0.689 bits per heavy atom. The molecular formula is C38H41NO5Si. The zero-order valence-corrected chi connectivity index (χ0v) is 28.0. The minimum absolute atomic E-state index is 0.137. The van der Waals surface area contributed by atoms with E-state index in [9.17, 15) is 9.59 Å². The van der Waals surface area contributed by atoms with E-state index in [0.29, 0.717) is 16.5 Å². The number of hydrogen-bond acceptors (Lipinski definition) is 5. The first kappa shape index (κ1) is 31.9. The maximum Gasteiger partial charge on any atom is 0.419 e. The second-order valence-corrected chi connectivity index (χ2v) is 15.6.